The van der Waals surface area contributed by atoms with Crippen molar-refractivity contribution in [1.29, 1.82) is 0 Å². The first-order valence-electron chi connectivity index (χ1n) is 13.4. The van der Waals surface area contributed by atoms with Crippen LogP contribution in [0.1, 0.15) is 76.0 Å². The van der Waals surface area contributed by atoms with Gasteiger partial charge in [-0.25, -0.2) is 0 Å². The van der Waals surface area contributed by atoms with Crippen molar-refractivity contribution in [2.75, 3.05) is 27.3 Å². The average Bonchev–Trinajstić information content (AvgIpc) is 3.61. The summed E-state index contributed by atoms with van der Waals surface area (Å²) < 4.78 is 16.3. The number of ether oxygens (including phenoxy) is 2. The van der Waals surface area contributed by atoms with E-state index in [0.29, 0.717) is 37.4 Å². The van der Waals surface area contributed by atoms with Crippen LogP contribution in [0.2, 0.25) is 0 Å². The Balaban J connectivity index is 1.60. The Morgan fingerprint density at radius 3 is 2.39 bits per heavy atom. The van der Waals surface area contributed by atoms with Gasteiger partial charge in [0.2, 0.25) is 11.8 Å². The van der Waals surface area contributed by atoms with Crippen molar-refractivity contribution in [1.82, 2.24) is 9.80 Å². The molecule has 0 bridgehead atoms. The monoisotopic (exact) mass is 498 g/mol. The predicted molar refractivity (Wildman–Crippen MR) is 140 cm³/mol. The quantitative estimate of drug-likeness (QED) is 0.265. The number of rotatable bonds is 17. The van der Waals surface area contributed by atoms with E-state index in [1.54, 1.807) is 25.4 Å². The molecule has 7 heteroatoms. The average molecular weight is 499 g/mol. The lowest BCUT2D eigenvalue weighted by atomic mass is 10.1. The van der Waals surface area contributed by atoms with E-state index in [4.69, 9.17) is 13.9 Å². The van der Waals surface area contributed by atoms with Gasteiger partial charge in [0.05, 0.1) is 27.0 Å². The van der Waals surface area contributed by atoms with Gasteiger partial charge < -0.3 is 23.7 Å². The predicted octanol–water partition coefficient (Wildman–Crippen LogP) is 5.61. The van der Waals surface area contributed by atoms with E-state index < -0.39 is 0 Å². The molecule has 2 aromatic rings. The highest BCUT2D eigenvalue weighted by Gasteiger charge is 2.34. The molecule has 0 aliphatic heterocycles. The molecule has 1 aliphatic rings. The summed E-state index contributed by atoms with van der Waals surface area (Å²) in [6, 6.07) is 9.71. The number of benzene rings is 1. The number of hydrogen-bond donors (Lipinski definition) is 0. The Kier molecular flexibility index (Phi) is 11.2. The molecule has 0 saturated heterocycles. The third-order valence-electron chi connectivity index (χ3n) is 6.76. The minimum absolute atomic E-state index is 0.0462. The zero-order valence-corrected chi connectivity index (χ0v) is 22.2. The maximum absolute atomic E-state index is 13.5. The van der Waals surface area contributed by atoms with Gasteiger partial charge in [-0.2, -0.15) is 0 Å². The molecule has 1 fully saturated rings. The van der Waals surface area contributed by atoms with E-state index in [0.717, 1.165) is 37.0 Å². The van der Waals surface area contributed by atoms with E-state index in [1.165, 1.54) is 25.7 Å². The zero-order chi connectivity index (χ0) is 25.8. The van der Waals surface area contributed by atoms with Crippen LogP contribution >= 0.6 is 0 Å². The van der Waals surface area contributed by atoms with Crippen LogP contribution in [0.15, 0.2) is 41.0 Å². The number of furan rings is 1. The minimum Gasteiger partial charge on any atom is -0.493 e. The number of nitrogens with zero attached hydrogens (tertiary/aromatic N) is 2. The van der Waals surface area contributed by atoms with Crippen LogP contribution in [0.5, 0.6) is 11.5 Å². The van der Waals surface area contributed by atoms with Crippen molar-refractivity contribution in [3.8, 4) is 11.5 Å². The largest absolute Gasteiger partial charge is 0.493 e. The first kappa shape index (κ1) is 27.6. The number of methoxy groups -OCH3 is 2. The van der Waals surface area contributed by atoms with Crippen LogP contribution in [-0.4, -0.2) is 55.0 Å². The van der Waals surface area contributed by atoms with E-state index in [9.17, 15) is 9.59 Å². The summed E-state index contributed by atoms with van der Waals surface area (Å²) in [6.45, 7) is 3.23. The highest BCUT2D eigenvalue weighted by atomic mass is 16.5. The standard InChI is InChI=1S/C29H42N2O5/c1-4-5-6-7-8-9-12-28(32)31(24-14-15-24)22-29(33)30(21-25-11-10-19-36-25)18-17-23-13-16-26(34-2)27(20-23)35-3/h10-11,13,16,19-20,24H,4-9,12,14-15,17-18,21-22H2,1-3H3. The summed E-state index contributed by atoms with van der Waals surface area (Å²) in [5.41, 5.74) is 1.04. The molecule has 1 aliphatic carbocycles. The number of unbranched alkanes of at least 4 members (excludes halogenated alkanes) is 5. The van der Waals surface area contributed by atoms with Crippen molar-refractivity contribution in [2.24, 2.45) is 0 Å². The highest BCUT2D eigenvalue weighted by molar-refractivity contribution is 5.85. The summed E-state index contributed by atoms with van der Waals surface area (Å²) in [5, 5.41) is 0. The van der Waals surface area contributed by atoms with E-state index in [-0.39, 0.29) is 24.4 Å². The second kappa shape index (κ2) is 14.6. The van der Waals surface area contributed by atoms with Gasteiger partial charge in [-0.3, -0.25) is 9.59 Å². The van der Waals surface area contributed by atoms with Crippen LogP contribution in [0, 0.1) is 0 Å². The van der Waals surface area contributed by atoms with Gasteiger partial charge in [0, 0.05) is 19.0 Å². The van der Waals surface area contributed by atoms with Crippen LogP contribution < -0.4 is 9.47 Å². The molecule has 2 amide bonds. The molecule has 198 valence electrons. The topological polar surface area (TPSA) is 72.2 Å². The van der Waals surface area contributed by atoms with Crippen molar-refractivity contribution >= 4 is 11.8 Å². The fraction of sp³-hybridized carbons (Fsp3) is 0.586. The van der Waals surface area contributed by atoms with Gasteiger partial charge in [-0.15, -0.1) is 0 Å². The fourth-order valence-electron chi connectivity index (χ4n) is 4.44. The summed E-state index contributed by atoms with van der Waals surface area (Å²) in [6.07, 6.45) is 11.6. The Bertz CT molecular complexity index is 939. The molecule has 3 rings (SSSR count). The smallest absolute Gasteiger partial charge is 0.242 e. The first-order chi connectivity index (χ1) is 17.5. The van der Waals surface area contributed by atoms with Gasteiger partial charge in [-0.05, 0) is 55.5 Å². The van der Waals surface area contributed by atoms with Crippen LogP contribution in [0.4, 0.5) is 0 Å². The van der Waals surface area contributed by atoms with Crippen LogP contribution in [-0.2, 0) is 22.6 Å². The maximum Gasteiger partial charge on any atom is 0.242 e. The first-order valence-corrected chi connectivity index (χ1v) is 13.4. The third kappa shape index (κ3) is 8.61. The Hall–Kier alpha value is -2.96. The number of carbonyl (C=O) groups is 2. The molecule has 1 aromatic carbocycles. The molecular formula is C29H42N2O5. The van der Waals surface area contributed by atoms with Crippen molar-refractivity contribution < 1.29 is 23.5 Å². The Labute approximate surface area is 215 Å². The molecule has 0 spiro atoms. The van der Waals surface area contributed by atoms with Gasteiger partial charge in [-0.1, -0.05) is 45.1 Å². The van der Waals surface area contributed by atoms with Gasteiger partial charge in [0.1, 0.15) is 12.3 Å². The molecule has 36 heavy (non-hydrogen) atoms. The highest BCUT2D eigenvalue weighted by Crippen LogP contribution is 2.29. The fourth-order valence-corrected chi connectivity index (χ4v) is 4.44. The molecule has 1 heterocycles. The second-order valence-corrected chi connectivity index (χ2v) is 9.60. The molecule has 0 unspecified atom stereocenters. The summed E-state index contributed by atoms with van der Waals surface area (Å²) in [7, 11) is 3.23. The number of amides is 2. The van der Waals surface area contributed by atoms with Crippen LogP contribution in [0.25, 0.3) is 0 Å². The van der Waals surface area contributed by atoms with Crippen molar-refractivity contribution in [3.63, 3.8) is 0 Å². The maximum atomic E-state index is 13.5. The lowest BCUT2D eigenvalue weighted by Gasteiger charge is -2.27. The molecule has 1 aromatic heterocycles. The van der Waals surface area contributed by atoms with Crippen LogP contribution in [0.3, 0.4) is 0 Å². The Morgan fingerprint density at radius 2 is 1.72 bits per heavy atom. The van der Waals surface area contributed by atoms with Gasteiger partial charge in [0.15, 0.2) is 11.5 Å². The second-order valence-electron chi connectivity index (χ2n) is 9.60. The molecule has 1 saturated carbocycles. The van der Waals surface area contributed by atoms with E-state index in [1.807, 2.05) is 35.2 Å². The molecule has 0 N–H and O–H groups in total. The SMILES string of the molecule is CCCCCCCCC(=O)N(CC(=O)N(CCc1ccc(OC)c(OC)c1)Cc1ccco1)C1CC1. The number of hydrogen-bond acceptors (Lipinski definition) is 5. The van der Waals surface area contributed by atoms with Crippen molar-refractivity contribution in [3.05, 3.63) is 47.9 Å². The lowest BCUT2D eigenvalue weighted by molar-refractivity contribution is -0.141. The van der Waals surface area contributed by atoms with Gasteiger partial charge >= 0.3 is 0 Å². The summed E-state index contributed by atoms with van der Waals surface area (Å²) >= 11 is 0. The third-order valence-corrected chi connectivity index (χ3v) is 6.76. The summed E-state index contributed by atoms with van der Waals surface area (Å²) in [4.78, 5) is 30.1. The van der Waals surface area contributed by atoms with E-state index in [2.05, 4.69) is 6.92 Å². The molecule has 0 atom stereocenters. The molecule has 7 nitrogen and oxygen atoms in total. The van der Waals surface area contributed by atoms with E-state index >= 15 is 0 Å². The Morgan fingerprint density at radius 1 is 0.972 bits per heavy atom. The summed E-state index contributed by atoms with van der Waals surface area (Å²) in [5.74, 6) is 2.13. The lowest BCUT2D eigenvalue weighted by Crippen LogP contribution is -2.44. The minimum atomic E-state index is -0.0462. The van der Waals surface area contributed by atoms with Crippen molar-refractivity contribution in [2.45, 2.75) is 83.7 Å². The zero-order valence-electron chi connectivity index (χ0n) is 22.2. The van der Waals surface area contributed by atoms with Gasteiger partial charge in [0.25, 0.3) is 0 Å². The number of carbonyl (C=O) groups excluding carboxylic acids is 2. The molecule has 0 radical (unpaired) electrons. The normalized spacial score (nSPS) is 12.9. The molecular weight excluding hydrogens is 456 g/mol.